The van der Waals surface area contributed by atoms with E-state index < -0.39 is 10.0 Å². The molecule has 7 N–H and O–H groups in total. The van der Waals surface area contributed by atoms with Crippen molar-refractivity contribution in [3.8, 4) is 11.1 Å². The molecular formula is C13H14N4O2S. The lowest BCUT2D eigenvalue weighted by Crippen LogP contribution is -2.21. The highest BCUT2D eigenvalue weighted by molar-refractivity contribution is 7.89. The van der Waals surface area contributed by atoms with Gasteiger partial charge in [0.25, 0.3) is 0 Å². The van der Waals surface area contributed by atoms with Crippen molar-refractivity contribution in [1.82, 2.24) is 0 Å². The van der Waals surface area contributed by atoms with Gasteiger partial charge in [-0.15, -0.1) is 0 Å². The Morgan fingerprint density at radius 2 is 1.75 bits per heavy atom. The number of rotatable bonds is 3. The van der Waals surface area contributed by atoms with Crippen LogP contribution < -0.4 is 16.6 Å². The van der Waals surface area contributed by atoms with Crippen LogP contribution in [-0.4, -0.2) is 14.3 Å². The first-order valence-corrected chi connectivity index (χ1v) is 7.21. The second kappa shape index (κ2) is 4.95. The van der Waals surface area contributed by atoms with Crippen LogP contribution in [0.2, 0.25) is 0 Å². The topological polar surface area (TPSA) is 136 Å². The maximum atomic E-state index is 11.6. The van der Waals surface area contributed by atoms with Crippen molar-refractivity contribution in [2.24, 2.45) is 10.9 Å². The minimum absolute atomic E-state index is 0.0839. The molecule has 0 aromatic heterocycles. The van der Waals surface area contributed by atoms with Crippen molar-refractivity contribution in [2.75, 3.05) is 5.73 Å². The third kappa shape index (κ3) is 2.63. The Hall–Kier alpha value is -2.38. The number of hydrogen-bond donors (Lipinski definition) is 4. The average molecular weight is 290 g/mol. The van der Waals surface area contributed by atoms with Crippen LogP contribution in [-0.2, 0) is 10.0 Å². The van der Waals surface area contributed by atoms with Gasteiger partial charge in [-0.3, -0.25) is 5.41 Å². The van der Waals surface area contributed by atoms with Gasteiger partial charge in [0.05, 0.1) is 4.90 Å². The van der Waals surface area contributed by atoms with Crippen LogP contribution in [0.4, 0.5) is 5.69 Å². The first-order chi connectivity index (χ1) is 9.30. The smallest absolute Gasteiger partial charge is 0.238 e. The van der Waals surface area contributed by atoms with Gasteiger partial charge < -0.3 is 11.5 Å². The van der Waals surface area contributed by atoms with Gasteiger partial charge in [0.15, 0.2) is 0 Å². The highest BCUT2D eigenvalue weighted by atomic mass is 32.2. The van der Waals surface area contributed by atoms with E-state index in [0.29, 0.717) is 16.8 Å². The maximum Gasteiger partial charge on any atom is 0.238 e. The standard InChI is InChI=1S/C13H14N4O2S/c14-9-4-1-3-8(7-9)10-5-2-6-11(20(17,18)19)12(10)13(15)16/h1-7H,14H2,(H3,15,16)(H2,17,18,19). The van der Waals surface area contributed by atoms with Gasteiger partial charge in [-0.1, -0.05) is 24.3 Å². The minimum Gasteiger partial charge on any atom is -0.399 e. The predicted octanol–water partition coefficient (Wildman–Crippen LogP) is 0.867. The summed E-state index contributed by atoms with van der Waals surface area (Å²) in [5.41, 5.74) is 13.0. The van der Waals surface area contributed by atoms with E-state index in [9.17, 15) is 8.42 Å². The fourth-order valence-electron chi connectivity index (χ4n) is 1.99. The SMILES string of the molecule is N=C(N)c1c(-c2cccc(N)c2)cccc1S(N)(=O)=O. The van der Waals surface area contributed by atoms with E-state index in [1.54, 1.807) is 36.4 Å². The Kier molecular flexibility index (Phi) is 3.47. The molecule has 0 aliphatic heterocycles. The number of hydrogen-bond acceptors (Lipinski definition) is 4. The summed E-state index contributed by atoms with van der Waals surface area (Å²) in [6.07, 6.45) is 0. The molecule has 2 aromatic rings. The molecule has 7 heteroatoms. The van der Waals surface area contributed by atoms with Gasteiger partial charge in [0.2, 0.25) is 10.0 Å². The lowest BCUT2D eigenvalue weighted by Gasteiger charge is -2.13. The van der Waals surface area contributed by atoms with E-state index in [0.717, 1.165) is 0 Å². The molecular weight excluding hydrogens is 276 g/mol. The van der Waals surface area contributed by atoms with Crippen molar-refractivity contribution in [3.63, 3.8) is 0 Å². The molecule has 0 saturated heterocycles. The molecule has 0 amide bonds. The first-order valence-electron chi connectivity index (χ1n) is 5.67. The maximum absolute atomic E-state index is 11.6. The zero-order chi connectivity index (χ0) is 14.9. The number of amidine groups is 1. The summed E-state index contributed by atoms with van der Waals surface area (Å²) in [5, 5.41) is 12.8. The van der Waals surface area contributed by atoms with Crippen LogP contribution >= 0.6 is 0 Å². The number of nitrogens with one attached hydrogen (secondary N) is 1. The monoisotopic (exact) mass is 290 g/mol. The molecule has 0 spiro atoms. The summed E-state index contributed by atoms with van der Waals surface area (Å²) in [5.74, 6) is -0.368. The summed E-state index contributed by atoms with van der Waals surface area (Å²) < 4.78 is 23.2. The molecule has 0 bridgehead atoms. The van der Waals surface area contributed by atoms with Gasteiger partial charge in [-0.25, -0.2) is 13.6 Å². The third-order valence-electron chi connectivity index (χ3n) is 2.80. The normalized spacial score (nSPS) is 11.2. The molecule has 6 nitrogen and oxygen atoms in total. The Bertz CT molecular complexity index is 785. The lowest BCUT2D eigenvalue weighted by atomic mass is 9.98. The van der Waals surface area contributed by atoms with E-state index >= 15 is 0 Å². The molecule has 20 heavy (non-hydrogen) atoms. The molecule has 0 heterocycles. The second-order valence-electron chi connectivity index (χ2n) is 4.26. The molecule has 2 rings (SSSR count). The molecule has 2 aromatic carbocycles. The van der Waals surface area contributed by atoms with Crippen molar-refractivity contribution < 1.29 is 8.42 Å². The second-order valence-corrected chi connectivity index (χ2v) is 5.79. The van der Waals surface area contributed by atoms with Gasteiger partial charge in [-0.2, -0.15) is 0 Å². The quantitative estimate of drug-likeness (QED) is 0.378. The zero-order valence-corrected chi connectivity index (χ0v) is 11.3. The van der Waals surface area contributed by atoms with Crippen molar-refractivity contribution in [1.29, 1.82) is 5.41 Å². The minimum atomic E-state index is -3.97. The van der Waals surface area contributed by atoms with E-state index in [-0.39, 0.29) is 16.3 Å². The number of primary sulfonamides is 1. The predicted molar refractivity (Wildman–Crippen MR) is 78.7 cm³/mol. The van der Waals surface area contributed by atoms with Crippen LogP contribution in [0.25, 0.3) is 11.1 Å². The van der Waals surface area contributed by atoms with Gasteiger partial charge in [-0.05, 0) is 29.3 Å². The van der Waals surface area contributed by atoms with E-state index in [2.05, 4.69) is 0 Å². The van der Waals surface area contributed by atoms with Crippen molar-refractivity contribution in [3.05, 3.63) is 48.0 Å². The van der Waals surface area contributed by atoms with Crippen LogP contribution in [0, 0.1) is 5.41 Å². The zero-order valence-electron chi connectivity index (χ0n) is 10.5. The fourth-order valence-corrected chi connectivity index (χ4v) is 2.77. The highest BCUT2D eigenvalue weighted by Gasteiger charge is 2.19. The highest BCUT2D eigenvalue weighted by Crippen LogP contribution is 2.29. The van der Waals surface area contributed by atoms with Crippen LogP contribution in [0.5, 0.6) is 0 Å². The summed E-state index contributed by atoms with van der Waals surface area (Å²) >= 11 is 0. The Balaban J connectivity index is 2.81. The Labute approximate surface area is 116 Å². The van der Waals surface area contributed by atoms with Gasteiger partial charge >= 0.3 is 0 Å². The molecule has 104 valence electrons. The summed E-state index contributed by atoms with van der Waals surface area (Å²) in [6, 6.07) is 11.4. The summed E-state index contributed by atoms with van der Waals surface area (Å²) in [4.78, 5) is -0.176. The number of nitrogens with two attached hydrogens (primary N) is 3. The molecule has 0 saturated carbocycles. The number of sulfonamides is 1. The Morgan fingerprint density at radius 1 is 1.10 bits per heavy atom. The Morgan fingerprint density at radius 3 is 2.30 bits per heavy atom. The van der Waals surface area contributed by atoms with Crippen molar-refractivity contribution >= 4 is 21.5 Å². The molecule has 0 aliphatic carbocycles. The summed E-state index contributed by atoms with van der Waals surface area (Å²) in [6.45, 7) is 0. The third-order valence-corrected chi connectivity index (χ3v) is 3.75. The number of nitrogen functional groups attached to an aromatic ring is 2. The average Bonchev–Trinajstić information content (AvgIpc) is 2.36. The molecule has 0 aliphatic rings. The van der Waals surface area contributed by atoms with Crippen LogP contribution in [0.3, 0.4) is 0 Å². The molecule has 0 radical (unpaired) electrons. The first kappa shape index (κ1) is 14.0. The lowest BCUT2D eigenvalue weighted by molar-refractivity contribution is 0.597. The van der Waals surface area contributed by atoms with Crippen LogP contribution in [0.15, 0.2) is 47.4 Å². The van der Waals surface area contributed by atoms with Gasteiger partial charge in [0, 0.05) is 11.3 Å². The number of benzene rings is 2. The largest absolute Gasteiger partial charge is 0.399 e. The van der Waals surface area contributed by atoms with E-state index in [1.165, 1.54) is 6.07 Å². The molecule has 0 unspecified atom stereocenters. The number of anilines is 1. The van der Waals surface area contributed by atoms with E-state index in [4.69, 9.17) is 22.0 Å². The van der Waals surface area contributed by atoms with Crippen LogP contribution in [0.1, 0.15) is 5.56 Å². The summed E-state index contributed by atoms with van der Waals surface area (Å²) in [7, 11) is -3.97. The fraction of sp³-hybridized carbons (Fsp3) is 0. The molecule has 0 atom stereocenters. The van der Waals surface area contributed by atoms with E-state index in [1.807, 2.05) is 0 Å². The van der Waals surface area contributed by atoms with Gasteiger partial charge in [0.1, 0.15) is 5.84 Å². The van der Waals surface area contributed by atoms with Crippen molar-refractivity contribution in [2.45, 2.75) is 4.90 Å². The molecule has 0 fully saturated rings.